The van der Waals surface area contributed by atoms with Gasteiger partial charge in [-0.25, -0.2) is 0 Å². The third-order valence-electron chi connectivity index (χ3n) is 5.35. The number of amides is 1. The third kappa shape index (κ3) is 7.03. The average molecular weight is 487 g/mol. The summed E-state index contributed by atoms with van der Waals surface area (Å²) in [6, 6.07) is 20.7. The second-order valence-electron chi connectivity index (χ2n) is 7.95. The summed E-state index contributed by atoms with van der Waals surface area (Å²) >= 11 is 0. The molecular formula is C29H30N2O5. The number of hydrogen-bond acceptors (Lipinski definition) is 6. The van der Waals surface area contributed by atoms with Gasteiger partial charge in [0.15, 0.2) is 11.5 Å². The average Bonchev–Trinajstić information content (AvgIpc) is 2.90. The molecule has 186 valence electrons. The normalized spacial score (nSPS) is 10.8. The van der Waals surface area contributed by atoms with E-state index in [2.05, 4.69) is 11.4 Å². The molecule has 0 aliphatic heterocycles. The van der Waals surface area contributed by atoms with Gasteiger partial charge in [-0.05, 0) is 55.3 Å². The number of nitrogens with one attached hydrogen (secondary N) is 1. The molecule has 1 N–H and O–H groups in total. The SMILES string of the molecule is CCOc1cc(/C=C(\C#N)C(=O)NCc2ccc(OC)cc2OC)ccc1OCc1cccc(C)c1. The summed E-state index contributed by atoms with van der Waals surface area (Å²) in [7, 11) is 3.12. The van der Waals surface area contributed by atoms with Crippen molar-refractivity contribution in [2.75, 3.05) is 20.8 Å². The van der Waals surface area contributed by atoms with E-state index in [0.29, 0.717) is 41.8 Å². The van der Waals surface area contributed by atoms with Crippen LogP contribution in [0.5, 0.6) is 23.0 Å². The van der Waals surface area contributed by atoms with Gasteiger partial charge in [-0.1, -0.05) is 35.9 Å². The number of rotatable bonds is 11. The largest absolute Gasteiger partial charge is 0.497 e. The maximum absolute atomic E-state index is 12.7. The molecule has 0 saturated carbocycles. The van der Waals surface area contributed by atoms with E-state index in [1.54, 1.807) is 50.6 Å². The number of ether oxygens (including phenoxy) is 4. The summed E-state index contributed by atoms with van der Waals surface area (Å²) in [6.45, 7) is 4.96. The van der Waals surface area contributed by atoms with Crippen molar-refractivity contribution in [3.05, 3.63) is 88.5 Å². The van der Waals surface area contributed by atoms with E-state index >= 15 is 0 Å². The van der Waals surface area contributed by atoms with Crippen molar-refractivity contribution >= 4 is 12.0 Å². The fraction of sp³-hybridized carbons (Fsp3) is 0.241. The first-order valence-corrected chi connectivity index (χ1v) is 11.5. The summed E-state index contributed by atoms with van der Waals surface area (Å²) < 4.78 is 22.3. The fourth-order valence-electron chi connectivity index (χ4n) is 3.55. The highest BCUT2D eigenvalue weighted by atomic mass is 16.5. The predicted molar refractivity (Wildman–Crippen MR) is 138 cm³/mol. The van der Waals surface area contributed by atoms with Gasteiger partial charge in [0.25, 0.3) is 5.91 Å². The standard InChI is InChI=1S/C29H30N2O5/c1-5-35-28-15-21(9-12-26(28)36-19-22-8-6-7-20(2)13-22)14-24(17-30)29(32)31-18-23-10-11-25(33-3)16-27(23)34-4/h6-16H,5,18-19H2,1-4H3,(H,31,32)/b24-14+. The summed E-state index contributed by atoms with van der Waals surface area (Å²) in [5, 5.41) is 12.4. The lowest BCUT2D eigenvalue weighted by molar-refractivity contribution is -0.117. The molecule has 3 rings (SSSR count). The Morgan fingerprint density at radius 2 is 1.81 bits per heavy atom. The molecule has 0 aliphatic rings. The van der Waals surface area contributed by atoms with Gasteiger partial charge in [-0.3, -0.25) is 4.79 Å². The monoisotopic (exact) mass is 486 g/mol. The molecule has 7 nitrogen and oxygen atoms in total. The molecule has 1 amide bonds. The Labute approximate surface area is 211 Å². The van der Waals surface area contributed by atoms with Crippen LogP contribution in [0.25, 0.3) is 6.08 Å². The Kier molecular flexibility index (Phi) is 9.35. The highest BCUT2D eigenvalue weighted by molar-refractivity contribution is 6.01. The van der Waals surface area contributed by atoms with Crippen LogP contribution in [0.4, 0.5) is 0 Å². The van der Waals surface area contributed by atoms with Crippen molar-refractivity contribution in [3.63, 3.8) is 0 Å². The fourth-order valence-corrected chi connectivity index (χ4v) is 3.55. The van der Waals surface area contributed by atoms with E-state index < -0.39 is 5.91 Å². The minimum absolute atomic E-state index is 0.0293. The quantitative estimate of drug-likeness (QED) is 0.295. The van der Waals surface area contributed by atoms with Crippen molar-refractivity contribution in [2.24, 2.45) is 0 Å². The van der Waals surface area contributed by atoms with E-state index in [0.717, 1.165) is 16.7 Å². The van der Waals surface area contributed by atoms with Gasteiger partial charge >= 0.3 is 0 Å². The molecule has 3 aromatic carbocycles. The van der Waals surface area contributed by atoms with Crippen LogP contribution in [0, 0.1) is 18.3 Å². The summed E-state index contributed by atoms with van der Waals surface area (Å²) in [4.78, 5) is 12.7. The molecule has 0 unspecified atom stereocenters. The first-order valence-electron chi connectivity index (χ1n) is 11.5. The van der Waals surface area contributed by atoms with Crippen molar-refractivity contribution < 1.29 is 23.7 Å². The maximum atomic E-state index is 12.7. The smallest absolute Gasteiger partial charge is 0.262 e. The second-order valence-corrected chi connectivity index (χ2v) is 7.95. The van der Waals surface area contributed by atoms with Gasteiger partial charge in [0.05, 0.1) is 20.8 Å². The summed E-state index contributed by atoms with van der Waals surface area (Å²) in [6.07, 6.45) is 1.52. The molecule has 0 spiro atoms. The summed E-state index contributed by atoms with van der Waals surface area (Å²) in [5.74, 6) is 1.87. The molecular weight excluding hydrogens is 456 g/mol. The van der Waals surface area contributed by atoms with Crippen molar-refractivity contribution in [2.45, 2.75) is 27.0 Å². The lowest BCUT2D eigenvalue weighted by atomic mass is 10.1. The van der Waals surface area contributed by atoms with Gasteiger partial charge in [-0.2, -0.15) is 5.26 Å². The van der Waals surface area contributed by atoms with Crippen LogP contribution in [0.1, 0.15) is 29.2 Å². The topological polar surface area (TPSA) is 89.8 Å². The Bertz CT molecular complexity index is 1280. The van der Waals surface area contributed by atoms with E-state index in [9.17, 15) is 10.1 Å². The third-order valence-corrected chi connectivity index (χ3v) is 5.35. The van der Waals surface area contributed by atoms with Crippen LogP contribution in [0.2, 0.25) is 0 Å². The molecule has 7 heteroatoms. The molecule has 0 radical (unpaired) electrons. The number of nitrogens with zero attached hydrogens (tertiary/aromatic N) is 1. The minimum Gasteiger partial charge on any atom is -0.497 e. The first kappa shape index (κ1) is 26.2. The van der Waals surface area contributed by atoms with E-state index in [-0.39, 0.29) is 12.1 Å². The van der Waals surface area contributed by atoms with Gasteiger partial charge < -0.3 is 24.3 Å². The maximum Gasteiger partial charge on any atom is 0.262 e. The first-order chi connectivity index (χ1) is 17.5. The van der Waals surface area contributed by atoms with Crippen LogP contribution in [-0.4, -0.2) is 26.7 Å². The number of aryl methyl sites for hydroxylation is 1. The van der Waals surface area contributed by atoms with Crippen LogP contribution < -0.4 is 24.3 Å². The van der Waals surface area contributed by atoms with E-state index in [1.807, 2.05) is 38.1 Å². The van der Waals surface area contributed by atoms with Gasteiger partial charge in [0, 0.05) is 18.2 Å². The van der Waals surface area contributed by atoms with Crippen LogP contribution in [0.15, 0.2) is 66.2 Å². The lowest BCUT2D eigenvalue weighted by Crippen LogP contribution is -2.24. The predicted octanol–water partition coefficient (Wildman–Crippen LogP) is 5.21. The molecule has 0 atom stereocenters. The lowest BCUT2D eigenvalue weighted by Gasteiger charge is -2.13. The number of carbonyl (C=O) groups excluding carboxylic acids is 1. The number of benzene rings is 3. The van der Waals surface area contributed by atoms with Gasteiger partial charge in [0.2, 0.25) is 0 Å². The van der Waals surface area contributed by atoms with Gasteiger partial charge in [0.1, 0.15) is 29.7 Å². The molecule has 0 fully saturated rings. The number of carbonyl (C=O) groups is 1. The molecule has 0 bridgehead atoms. The van der Waals surface area contributed by atoms with Crippen molar-refractivity contribution in [3.8, 4) is 29.1 Å². The Morgan fingerprint density at radius 3 is 2.50 bits per heavy atom. The molecule has 0 saturated heterocycles. The Hall–Kier alpha value is -4.44. The molecule has 0 heterocycles. The van der Waals surface area contributed by atoms with E-state index in [4.69, 9.17) is 18.9 Å². The Balaban J connectivity index is 1.73. The van der Waals surface area contributed by atoms with Crippen molar-refractivity contribution in [1.82, 2.24) is 5.32 Å². The summed E-state index contributed by atoms with van der Waals surface area (Å²) in [5.41, 5.74) is 3.60. The molecule has 0 aliphatic carbocycles. The number of hydrogen-bond donors (Lipinski definition) is 1. The zero-order valence-electron chi connectivity index (χ0n) is 21.0. The van der Waals surface area contributed by atoms with Crippen molar-refractivity contribution in [1.29, 1.82) is 5.26 Å². The Morgan fingerprint density at radius 1 is 0.972 bits per heavy atom. The highest BCUT2D eigenvalue weighted by Crippen LogP contribution is 2.30. The number of nitriles is 1. The zero-order chi connectivity index (χ0) is 25.9. The minimum atomic E-state index is -0.492. The van der Waals surface area contributed by atoms with Crippen LogP contribution >= 0.6 is 0 Å². The zero-order valence-corrected chi connectivity index (χ0v) is 21.0. The van der Waals surface area contributed by atoms with Gasteiger partial charge in [-0.15, -0.1) is 0 Å². The van der Waals surface area contributed by atoms with E-state index in [1.165, 1.54) is 6.08 Å². The molecule has 36 heavy (non-hydrogen) atoms. The molecule has 3 aromatic rings. The number of methoxy groups -OCH3 is 2. The second kappa shape index (κ2) is 12.9. The van der Waals surface area contributed by atoms with Crippen LogP contribution in [-0.2, 0) is 17.9 Å². The van der Waals surface area contributed by atoms with Crippen LogP contribution in [0.3, 0.4) is 0 Å². The molecule has 0 aromatic heterocycles. The highest BCUT2D eigenvalue weighted by Gasteiger charge is 2.13.